The van der Waals surface area contributed by atoms with Crippen LogP contribution in [0.2, 0.25) is 0 Å². The van der Waals surface area contributed by atoms with Crippen LogP contribution < -0.4 is 10.6 Å². The lowest BCUT2D eigenvalue weighted by Crippen LogP contribution is -2.45. The summed E-state index contributed by atoms with van der Waals surface area (Å²) in [5.41, 5.74) is 0.00751. The van der Waals surface area contributed by atoms with Gasteiger partial charge in [-0.3, -0.25) is 9.78 Å². The first-order chi connectivity index (χ1) is 13.8. The topological polar surface area (TPSA) is 74.3 Å². The minimum atomic E-state index is -4.41. The molecule has 1 aromatic heterocycles. The van der Waals surface area contributed by atoms with Crippen LogP contribution in [0.5, 0.6) is 0 Å². The molecule has 29 heavy (non-hydrogen) atoms. The van der Waals surface area contributed by atoms with Crippen LogP contribution in [0.1, 0.15) is 28.8 Å². The van der Waals surface area contributed by atoms with Gasteiger partial charge in [0.25, 0.3) is 5.91 Å². The Labute approximate surface area is 166 Å². The number of alkyl halides is 3. The van der Waals surface area contributed by atoms with Gasteiger partial charge in [0.15, 0.2) is 0 Å². The number of carbonyl (C=O) groups excluding carboxylic acids is 2. The predicted octanol–water partition coefficient (Wildman–Crippen LogP) is 3.77. The Kier molecular flexibility index (Phi) is 6.36. The highest BCUT2D eigenvalue weighted by atomic mass is 19.4. The van der Waals surface area contributed by atoms with Gasteiger partial charge in [0, 0.05) is 37.7 Å². The molecule has 0 saturated carbocycles. The van der Waals surface area contributed by atoms with Crippen LogP contribution in [0.3, 0.4) is 0 Å². The summed E-state index contributed by atoms with van der Waals surface area (Å²) >= 11 is 0. The van der Waals surface area contributed by atoms with E-state index in [-0.39, 0.29) is 17.9 Å². The standard InChI is InChI=1S/C20H21F3N4O2/c21-20(22,23)16-5-7-17(8-6-16)26-19(29)27-10-2-3-14(13-27)11-25-18(28)15-4-1-9-24-12-15/h1,4-9,12,14H,2-3,10-11,13H2,(H,25,28)(H,26,29)/t14-/m1/s1. The summed E-state index contributed by atoms with van der Waals surface area (Å²) in [6.07, 6.45) is 0.319. The van der Waals surface area contributed by atoms with Crippen LogP contribution in [0.4, 0.5) is 23.7 Å². The number of amides is 3. The van der Waals surface area contributed by atoms with Gasteiger partial charge >= 0.3 is 12.2 Å². The molecule has 0 bridgehead atoms. The van der Waals surface area contributed by atoms with Gasteiger partial charge in [-0.25, -0.2) is 4.79 Å². The van der Waals surface area contributed by atoms with E-state index in [4.69, 9.17) is 0 Å². The first kappa shape index (κ1) is 20.6. The van der Waals surface area contributed by atoms with E-state index in [1.165, 1.54) is 18.3 Å². The molecule has 0 unspecified atom stereocenters. The fraction of sp³-hybridized carbons (Fsp3) is 0.350. The highest BCUT2D eigenvalue weighted by molar-refractivity contribution is 5.93. The molecule has 9 heteroatoms. The van der Waals surface area contributed by atoms with Crippen molar-refractivity contribution in [3.63, 3.8) is 0 Å². The molecule has 0 radical (unpaired) electrons. The highest BCUT2D eigenvalue weighted by Gasteiger charge is 2.30. The predicted molar refractivity (Wildman–Crippen MR) is 101 cm³/mol. The van der Waals surface area contributed by atoms with E-state index in [0.29, 0.717) is 30.9 Å². The van der Waals surface area contributed by atoms with E-state index in [1.807, 2.05) is 0 Å². The molecule has 1 aromatic carbocycles. The summed E-state index contributed by atoms with van der Waals surface area (Å²) in [4.78, 5) is 30.1. The zero-order valence-corrected chi connectivity index (χ0v) is 15.6. The first-order valence-corrected chi connectivity index (χ1v) is 9.24. The van der Waals surface area contributed by atoms with Gasteiger partial charge < -0.3 is 15.5 Å². The number of hydrogen-bond acceptors (Lipinski definition) is 3. The Bertz CT molecular complexity index is 841. The number of urea groups is 1. The smallest absolute Gasteiger partial charge is 0.352 e. The lowest BCUT2D eigenvalue weighted by Gasteiger charge is -2.32. The average Bonchev–Trinajstić information content (AvgIpc) is 2.72. The summed E-state index contributed by atoms with van der Waals surface area (Å²) in [7, 11) is 0. The van der Waals surface area contributed by atoms with Gasteiger partial charge in [-0.1, -0.05) is 0 Å². The fourth-order valence-corrected chi connectivity index (χ4v) is 3.20. The lowest BCUT2D eigenvalue weighted by molar-refractivity contribution is -0.137. The van der Waals surface area contributed by atoms with Crippen molar-refractivity contribution in [2.24, 2.45) is 5.92 Å². The molecule has 2 N–H and O–H groups in total. The molecule has 6 nitrogen and oxygen atoms in total. The maximum absolute atomic E-state index is 12.6. The molecule has 2 heterocycles. The third-order valence-corrected chi connectivity index (χ3v) is 4.74. The van der Waals surface area contributed by atoms with E-state index in [1.54, 1.807) is 23.2 Å². The largest absolute Gasteiger partial charge is 0.416 e. The summed E-state index contributed by atoms with van der Waals surface area (Å²) in [5, 5.41) is 5.48. The number of carbonyl (C=O) groups is 2. The third kappa shape index (κ3) is 5.69. The Morgan fingerprint density at radius 1 is 1.17 bits per heavy atom. The number of likely N-dealkylation sites (tertiary alicyclic amines) is 1. The quantitative estimate of drug-likeness (QED) is 0.812. The zero-order valence-electron chi connectivity index (χ0n) is 15.6. The van der Waals surface area contributed by atoms with E-state index >= 15 is 0 Å². The summed E-state index contributed by atoms with van der Waals surface area (Å²) in [6.45, 7) is 1.44. The number of anilines is 1. The van der Waals surface area contributed by atoms with Crippen molar-refractivity contribution in [2.75, 3.05) is 25.0 Å². The van der Waals surface area contributed by atoms with Crippen molar-refractivity contribution in [2.45, 2.75) is 19.0 Å². The molecule has 3 amide bonds. The van der Waals surface area contributed by atoms with Gasteiger partial charge in [-0.05, 0) is 55.2 Å². The molecule has 1 atom stereocenters. The minimum Gasteiger partial charge on any atom is -0.352 e. The van der Waals surface area contributed by atoms with Crippen molar-refractivity contribution in [1.29, 1.82) is 0 Å². The lowest BCUT2D eigenvalue weighted by atomic mass is 9.98. The SMILES string of the molecule is O=C(NC[C@H]1CCCN(C(=O)Nc2ccc(C(F)(F)F)cc2)C1)c1cccnc1. The number of rotatable bonds is 4. The van der Waals surface area contributed by atoms with Gasteiger partial charge in [-0.15, -0.1) is 0 Å². The first-order valence-electron chi connectivity index (χ1n) is 9.24. The van der Waals surface area contributed by atoms with Crippen molar-refractivity contribution in [1.82, 2.24) is 15.2 Å². The number of piperidine rings is 1. The van der Waals surface area contributed by atoms with Gasteiger partial charge in [0.2, 0.25) is 0 Å². The van der Waals surface area contributed by atoms with Crippen molar-refractivity contribution >= 4 is 17.6 Å². The highest BCUT2D eigenvalue weighted by Crippen LogP contribution is 2.30. The van der Waals surface area contributed by atoms with Crippen molar-refractivity contribution in [3.8, 4) is 0 Å². The maximum atomic E-state index is 12.6. The van der Waals surface area contributed by atoms with Crippen LogP contribution in [-0.2, 0) is 6.18 Å². The molecule has 1 aliphatic rings. The second-order valence-corrected chi connectivity index (χ2v) is 6.91. The van der Waals surface area contributed by atoms with Gasteiger partial charge in [0.1, 0.15) is 0 Å². The number of halogens is 3. The molecule has 1 aliphatic heterocycles. The molecular formula is C20H21F3N4O2. The Balaban J connectivity index is 1.50. The Morgan fingerprint density at radius 2 is 1.93 bits per heavy atom. The number of pyridine rings is 1. The van der Waals surface area contributed by atoms with E-state index in [2.05, 4.69) is 15.6 Å². The zero-order chi connectivity index (χ0) is 20.9. The number of nitrogens with one attached hydrogen (secondary N) is 2. The Morgan fingerprint density at radius 3 is 2.59 bits per heavy atom. The van der Waals surface area contributed by atoms with E-state index in [9.17, 15) is 22.8 Å². The van der Waals surface area contributed by atoms with Crippen LogP contribution in [0, 0.1) is 5.92 Å². The normalized spacial score (nSPS) is 16.9. The van der Waals surface area contributed by atoms with Crippen LogP contribution in [-0.4, -0.2) is 41.5 Å². The maximum Gasteiger partial charge on any atom is 0.416 e. The molecule has 0 spiro atoms. The second kappa shape index (κ2) is 8.93. The number of nitrogens with zero attached hydrogens (tertiary/aromatic N) is 2. The number of benzene rings is 1. The molecule has 3 rings (SSSR count). The van der Waals surface area contributed by atoms with Crippen LogP contribution >= 0.6 is 0 Å². The molecule has 2 aromatic rings. The summed E-state index contributed by atoms with van der Waals surface area (Å²) < 4.78 is 37.9. The molecular weight excluding hydrogens is 385 g/mol. The molecule has 154 valence electrons. The second-order valence-electron chi connectivity index (χ2n) is 6.91. The molecule has 1 fully saturated rings. The minimum absolute atomic E-state index is 0.0997. The number of hydrogen-bond donors (Lipinski definition) is 2. The van der Waals surface area contributed by atoms with E-state index < -0.39 is 11.7 Å². The third-order valence-electron chi connectivity index (χ3n) is 4.74. The van der Waals surface area contributed by atoms with E-state index in [0.717, 1.165) is 25.0 Å². The van der Waals surface area contributed by atoms with Crippen LogP contribution in [0.25, 0.3) is 0 Å². The van der Waals surface area contributed by atoms with Gasteiger partial charge in [0.05, 0.1) is 11.1 Å². The fourth-order valence-electron chi connectivity index (χ4n) is 3.20. The van der Waals surface area contributed by atoms with Crippen molar-refractivity contribution in [3.05, 3.63) is 59.9 Å². The monoisotopic (exact) mass is 406 g/mol. The Hall–Kier alpha value is -3.10. The van der Waals surface area contributed by atoms with Crippen molar-refractivity contribution < 1.29 is 22.8 Å². The number of aromatic nitrogens is 1. The summed E-state index contributed by atoms with van der Waals surface area (Å²) in [6, 6.07) is 7.32. The molecule has 1 saturated heterocycles. The summed E-state index contributed by atoms with van der Waals surface area (Å²) in [5.74, 6) is -0.118. The van der Waals surface area contributed by atoms with Gasteiger partial charge in [-0.2, -0.15) is 13.2 Å². The van der Waals surface area contributed by atoms with Crippen LogP contribution in [0.15, 0.2) is 48.8 Å². The molecule has 0 aliphatic carbocycles. The average molecular weight is 406 g/mol.